The molecule has 1 aliphatic rings. The van der Waals surface area contributed by atoms with Crippen LogP contribution in [-0.2, 0) is 4.79 Å². The summed E-state index contributed by atoms with van der Waals surface area (Å²) >= 11 is 0. The van der Waals surface area contributed by atoms with Crippen molar-refractivity contribution in [3.63, 3.8) is 0 Å². The Kier molecular flexibility index (Phi) is 5.83. The minimum absolute atomic E-state index is 0.0588. The molecule has 0 atom stereocenters. The van der Waals surface area contributed by atoms with E-state index in [0.29, 0.717) is 25.5 Å². The van der Waals surface area contributed by atoms with Gasteiger partial charge in [0.25, 0.3) is 0 Å². The van der Waals surface area contributed by atoms with Crippen molar-refractivity contribution in [3.05, 3.63) is 18.2 Å². The first-order valence-electron chi connectivity index (χ1n) is 7.20. The number of carbonyl (C=O) groups excluding carboxylic acids is 1. The lowest BCUT2D eigenvalue weighted by atomic mass is 10.2. The molecule has 0 radical (unpaired) electrons. The molecule has 0 unspecified atom stereocenters. The lowest BCUT2D eigenvalue weighted by molar-refractivity contribution is -0.115. The molecule has 1 amide bonds. The van der Waals surface area contributed by atoms with Crippen LogP contribution in [0.5, 0.6) is 11.5 Å². The molecule has 0 saturated carbocycles. The maximum atomic E-state index is 11.8. The second-order valence-corrected chi connectivity index (χ2v) is 5.24. The van der Waals surface area contributed by atoms with Crippen molar-refractivity contribution >= 4 is 11.6 Å². The van der Waals surface area contributed by atoms with Crippen molar-refractivity contribution in [3.8, 4) is 11.5 Å². The number of benzene rings is 1. The van der Waals surface area contributed by atoms with Gasteiger partial charge >= 0.3 is 0 Å². The number of nitrogens with one attached hydrogen (secondary N) is 2. The van der Waals surface area contributed by atoms with Gasteiger partial charge in [-0.05, 0) is 45.7 Å². The van der Waals surface area contributed by atoms with Crippen molar-refractivity contribution in [1.29, 1.82) is 0 Å². The van der Waals surface area contributed by atoms with Gasteiger partial charge < -0.3 is 25.0 Å². The molecule has 6 nitrogen and oxygen atoms in total. The number of carbonyl (C=O) groups is 1. The van der Waals surface area contributed by atoms with Crippen LogP contribution in [0.1, 0.15) is 6.42 Å². The average Bonchev–Trinajstić information content (AvgIpc) is 2.46. The van der Waals surface area contributed by atoms with E-state index in [9.17, 15) is 4.79 Å². The third-order valence-electron chi connectivity index (χ3n) is 3.07. The Morgan fingerprint density at radius 1 is 1.24 bits per heavy atom. The van der Waals surface area contributed by atoms with E-state index >= 15 is 0 Å². The molecule has 116 valence electrons. The van der Waals surface area contributed by atoms with Gasteiger partial charge in [-0.2, -0.15) is 0 Å². The molecule has 1 heterocycles. The number of fused-ring (bicyclic) bond motifs is 1. The molecule has 0 spiro atoms. The molecule has 21 heavy (non-hydrogen) atoms. The standard InChI is InChI=1S/C15H23N3O3/c1-18(2)7-3-6-16-11-15(19)17-12-4-5-13-14(10-12)21-9-8-20-13/h4-5,10,16H,3,6-9,11H2,1-2H3,(H,17,19). The van der Waals surface area contributed by atoms with Gasteiger partial charge in [0, 0.05) is 11.8 Å². The number of hydrogen-bond acceptors (Lipinski definition) is 5. The molecule has 2 rings (SSSR count). The predicted octanol–water partition coefficient (Wildman–Crippen LogP) is 0.938. The van der Waals surface area contributed by atoms with E-state index in [1.54, 1.807) is 6.07 Å². The van der Waals surface area contributed by atoms with E-state index in [-0.39, 0.29) is 5.91 Å². The number of amides is 1. The summed E-state index contributed by atoms with van der Waals surface area (Å²) in [7, 11) is 4.07. The van der Waals surface area contributed by atoms with Gasteiger partial charge in [0.2, 0.25) is 5.91 Å². The van der Waals surface area contributed by atoms with Crippen LogP contribution in [0.4, 0.5) is 5.69 Å². The molecule has 6 heteroatoms. The predicted molar refractivity (Wildman–Crippen MR) is 82.1 cm³/mol. The number of rotatable bonds is 7. The zero-order chi connectivity index (χ0) is 15.1. The molecule has 0 bridgehead atoms. The van der Waals surface area contributed by atoms with E-state index in [2.05, 4.69) is 15.5 Å². The molecule has 0 saturated heterocycles. The van der Waals surface area contributed by atoms with E-state index < -0.39 is 0 Å². The van der Waals surface area contributed by atoms with Crippen LogP contribution in [0.2, 0.25) is 0 Å². The summed E-state index contributed by atoms with van der Waals surface area (Å²) in [6, 6.07) is 5.42. The summed E-state index contributed by atoms with van der Waals surface area (Å²) in [4.78, 5) is 13.9. The lowest BCUT2D eigenvalue weighted by Crippen LogP contribution is -2.30. The first-order valence-corrected chi connectivity index (χ1v) is 7.20. The van der Waals surface area contributed by atoms with Crippen LogP contribution in [0.25, 0.3) is 0 Å². The number of ether oxygens (including phenoxy) is 2. The molecule has 0 aromatic heterocycles. The number of anilines is 1. The van der Waals surface area contributed by atoms with Crippen LogP contribution < -0.4 is 20.1 Å². The highest BCUT2D eigenvalue weighted by molar-refractivity contribution is 5.92. The summed E-state index contributed by atoms with van der Waals surface area (Å²) in [6.45, 7) is 3.25. The molecular formula is C15H23N3O3. The van der Waals surface area contributed by atoms with Gasteiger partial charge in [0.1, 0.15) is 13.2 Å². The molecule has 1 aromatic rings. The van der Waals surface area contributed by atoms with Crippen LogP contribution in [0.15, 0.2) is 18.2 Å². The fourth-order valence-electron chi connectivity index (χ4n) is 2.05. The summed E-state index contributed by atoms with van der Waals surface area (Å²) in [6.07, 6.45) is 1.02. The highest BCUT2D eigenvalue weighted by atomic mass is 16.6. The zero-order valence-electron chi connectivity index (χ0n) is 12.6. The van der Waals surface area contributed by atoms with Gasteiger partial charge in [-0.1, -0.05) is 0 Å². The topological polar surface area (TPSA) is 62.8 Å². The van der Waals surface area contributed by atoms with Crippen molar-refractivity contribution in [1.82, 2.24) is 10.2 Å². The Labute approximate surface area is 125 Å². The molecule has 1 aliphatic heterocycles. The Hall–Kier alpha value is -1.79. The molecule has 2 N–H and O–H groups in total. The van der Waals surface area contributed by atoms with Crippen molar-refractivity contribution in [2.75, 3.05) is 52.3 Å². The highest BCUT2D eigenvalue weighted by Gasteiger charge is 2.12. The third-order valence-corrected chi connectivity index (χ3v) is 3.07. The third kappa shape index (κ3) is 5.24. The van der Waals surface area contributed by atoms with Gasteiger partial charge in [-0.3, -0.25) is 4.79 Å². The summed E-state index contributed by atoms with van der Waals surface area (Å²) in [5, 5.41) is 5.97. The van der Waals surface area contributed by atoms with Gasteiger partial charge in [0.05, 0.1) is 6.54 Å². The molecule has 1 aromatic carbocycles. The maximum Gasteiger partial charge on any atom is 0.238 e. The van der Waals surface area contributed by atoms with E-state index in [1.807, 2.05) is 26.2 Å². The van der Waals surface area contributed by atoms with Crippen LogP contribution >= 0.6 is 0 Å². The molecule has 0 aliphatic carbocycles. The Bertz CT molecular complexity index is 477. The number of nitrogens with zero attached hydrogens (tertiary/aromatic N) is 1. The minimum Gasteiger partial charge on any atom is -0.486 e. The van der Waals surface area contributed by atoms with Gasteiger partial charge in [0.15, 0.2) is 11.5 Å². The largest absolute Gasteiger partial charge is 0.486 e. The van der Waals surface area contributed by atoms with Crippen LogP contribution in [0, 0.1) is 0 Å². The second kappa shape index (κ2) is 7.85. The van der Waals surface area contributed by atoms with Crippen molar-refractivity contribution in [2.45, 2.75) is 6.42 Å². The summed E-state index contributed by atoms with van der Waals surface area (Å²) in [5.74, 6) is 1.34. The highest BCUT2D eigenvalue weighted by Crippen LogP contribution is 2.32. The first-order chi connectivity index (χ1) is 10.1. The monoisotopic (exact) mass is 293 g/mol. The SMILES string of the molecule is CN(C)CCCNCC(=O)Nc1ccc2c(c1)OCCO2. The Morgan fingerprint density at radius 2 is 2.00 bits per heavy atom. The average molecular weight is 293 g/mol. The Morgan fingerprint density at radius 3 is 2.76 bits per heavy atom. The van der Waals surface area contributed by atoms with Crippen molar-refractivity contribution in [2.24, 2.45) is 0 Å². The maximum absolute atomic E-state index is 11.8. The van der Waals surface area contributed by atoms with E-state index in [1.165, 1.54) is 0 Å². The molecule has 0 fully saturated rings. The zero-order valence-corrected chi connectivity index (χ0v) is 12.6. The van der Waals surface area contributed by atoms with Crippen LogP contribution in [0.3, 0.4) is 0 Å². The number of hydrogen-bond donors (Lipinski definition) is 2. The van der Waals surface area contributed by atoms with E-state index in [4.69, 9.17) is 9.47 Å². The fraction of sp³-hybridized carbons (Fsp3) is 0.533. The summed E-state index contributed by atoms with van der Waals surface area (Å²) < 4.78 is 10.9. The molecular weight excluding hydrogens is 270 g/mol. The van der Waals surface area contributed by atoms with Crippen molar-refractivity contribution < 1.29 is 14.3 Å². The van der Waals surface area contributed by atoms with E-state index in [0.717, 1.165) is 30.9 Å². The lowest BCUT2D eigenvalue weighted by Gasteiger charge is -2.19. The second-order valence-electron chi connectivity index (χ2n) is 5.24. The van der Waals surface area contributed by atoms with Gasteiger partial charge in [-0.25, -0.2) is 0 Å². The first kappa shape index (κ1) is 15.6. The minimum atomic E-state index is -0.0588. The Balaban J connectivity index is 1.72. The normalized spacial score (nSPS) is 13.3. The fourth-order valence-corrected chi connectivity index (χ4v) is 2.05. The summed E-state index contributed by atoms with van der Waals surface area (Å²) in [5.41, 5.74) is 0.722. The van der Waals surface area contributed by atoms with Crippen LogP contribution in [-0.4, -0.2) is 57.8 Å². The smallest absolute Gasteiger partial charge is 0.238 e. The quantitative estimate of drug-likeness (QED) is 0.733. The van der Waals surface area contributed by atoms with Gasteiger partial charge in [-0.15, -0.1) is 0 Å².